The average molecular weight is 321 g/mol. The second kappa shape index (κ2) is 6.17. The minimum absolute atomic E-state index is 0.524. The number of benzene rings is 1. The van der Waals surface area contributed by atoms with E-state index in [1.807, 2.05) is 31.3 Å². The Morgan fingerprint density at radius 2 is 2.11 bits per heavy atom. The van der Waals surface area contributed by atoms with E-state index in [9.17, 15) is 5.11 Å². The standard InChI is InChI=1S/C15H17BrN2O/c1-11(19)15-7-6-14(9-17-15)18(2)10-12-4-3-5-13(16)8-12/h3-9,11,19H,10H2,1-2H3/t11-/m1/s1. The van der Waals surface area contributed by atoms with E-state index >= 15 is 0 Å². The zero-order chi connectivity index (χ0) is 13.8. The molecule has 0 aliphatic heterocycles. The monoisotopic (exact) mass is 320 g/mol. The molecule has 0 saturated heterocycles. The molecule has 0 radical (unpaired) electrons. The first-order chi connectivity index (χ1) is 9.06. The molecular formula is C15H17BrN2O. The van der Waals surface area contributed by atoms with Gasteiger partial charge in [-0.3, -0.25) is 4.98 Å². The van der Waals surface area contributed by atoms with Crippen LogP contribution in [0.1, 0.15) is 24.3 Å². The SMILES string of the molecule is C[C@@H](O)c1ccc(N(C)Cc2cccc(Br)c2)cn1. The number of aromatic nitrogens is 1. The normalized spacial score (nSPS) is 12.2. The topological polar surface area (TPSA) is 36.4 Å². The van der Waals surface area contributed by atoms with E-state index in [1.165, 1.54) is 5.56 Å². The van der Waals surface area contributed by atoms with E-state index in [1.54, 1.807) is 13.1 Å². The number of hydrogen-bond donors (Lipinski definition) is 1. The highest BCUT2D eigenvalue weighted by molar-refractivity contribution is 9.10. The highest BCUT2D eigenvalue weighted by atomic mass is 79.9. The molecule has 1 heterocycles. The van der Waals surface area contributed by atoms with Gasteiger partial charge in [0.25, 0.3) is 0 Å². The molecule has 3 nitrogen and oxygen atoms in total. The molecule has 1 aromatic heterocycles. The Labute approximate surface area is 122 Å². The van der Waals surface area contributed by atoms with Gasteiger partial charge in [-0.2, -0.15) is 0 Å². The Balaban J connectivity index is 2.09. The summed E-state index contributed by atoms with van der Waals surface area (Å²) in [5.74, 6) is 0. The van der Waals surface area contributed by atoms with Crippen LogP contribution in [0.3, 0.4) is 0 Å². The lowest BCUT2D eigenvalue weighted by molar-refractivity contribution is 0.194. The number of anilines is 1. The molecule has 0 unspecified atom stereocenters. The lowest BCUT2D eigenvalue weighted by Crippen LogP contribution is -2.16. The zero-order valence-corrected chi connectivity index (χ0v) is 12.6. The number of pyridine rings is 1. The summed E-state index contributed by atoms with van der Waals surface area (Å²) in [5, 5.41) is 9.44. The van der Waals surface area contributed by atoms with Crippen molar-refractivity contribution in [2.24, 2.45) is 0 Å². The Kier molecular flexibility index (Phi) is 4.56. The lowest BCUT2D eigenvalue weighted by atomic mass is 10.2. The van der Waals surface area contributed by atoms with Crippen LogP contribution >= 0.6 is 15.9 Å². The molecular weight excluding hydrogens is 304 g/mol. The maximum absolute atomic E-state index is 9.44. The van der Waals surface area contributed by atoms with E-state index in [-0.39, 0.29) is 0 Å². The van der Waals surface area contributed by atoms with Gasteiger partial charge in [-0.15, -0.1) is 0 Å². The average Bonchev–Trinajstić information content (AvgIpc) is 2.39. The molecule has 2 aromatic rings. The first-order valence-electron chi connectivity index (χ1n) is 6.16. The number of aliphatic hydroxyl groups excluding tert-OH is 1. The van der Waals surface area contributed by atoms with Crippen LogP contribution in [0.2, 0.25) is 0 Å². The summed E-state index contributed by atoms with van der Waals surface area (Å²) < 4.78 is 1.08. The van der Waals surface area contributed by atoms with Gasteiger partial charge < -0.3 is 10.0 Å². The van der Waals surface area contributed by atoms with Crippen molar-refractivity contribution in [2.45, 2.75) is 19.6 Å². The van der Waals surface area contributed by atoms with Crippen LogP contribution in [0.5, 0.6) is 0 Å². The molecule has 1 aromatic carbocycles. The molecule has 0 aliphatic carbocycles. The molecule has 100 valence electrons. The minimum atomic E-state index is -0.524. The van der Waals surface area contributed by atoms with Crippen LogP contribution < -0.4 is 4.90 Å². The zero-order valence-electron chi connectivity index (χ0n) is 11.0. The highest BCUT2D eigenvalue weighted by Crippen LogP contribution is 2.18. The van der Waals surface area contributed by atoms with Gasteiger partial charge in [-0.1, -0.05) is 28.1 Å². The molecule has 1 atom stereocenters. The van der Waals surface area contributed by atoms with Crippen LogP contribution in [0.4, 0.5) is 5.69 Å². The maximum atomic E-state index is 9.44. The third kappa shape index (κ3) is 3.78. The van der Waals surface area contributed by atoms with E-state index in [0.29, 0.717) is 5.69 Å². The first-order valence-corrected chi connectivity index (χ1v) is 6.95. The van der Waals surface area contributed by atoms with Crippen molar-refractivity contribution in [1.82, 2.24) is 4.98 Å². The van der Waals surface area contributed by atoms with Crippen molar-refractivity contribution in [3.63, 3.8) is 0 Å². The van der Waals surface area contributed by atoms with Gasteiger partial charge in [-0.25, -0.2) is 0 Å². The van der Waals surface area contributed by atoms with Crippen molar-refractivity contribution in [2.75, 3.05) is 11.9 Å². The number of hydrogen-bond acceptors (Lipinski definition) is 3. The quantitative estimate of drug-likeness (QED) is 0.936. The van der Waals surface area contributed by atoms with Crippen LogP contribution in [0.25, 0.3) is 0 Å². The van der Waals surface area contributed by atoms with Crippen molar-refractivity contribution in [3.8, 4) is 0 Å². The highest BCUT2D eigenvalue weighted by Gasteiger charge is 2.06. The second-order valence-corrected chi connectivity index (χ2v) is 5.52. The fourth-order valence-electron chi connectivity index (χ4n) is 1.87. The summed E-state index contributed by atoms with van der Waals surface area (Å²) in [6.07, 6.45) is 1.27. The van der Waals surface area contributed by atoms with Crippen molar-refractivity contribution >= 4 is 21.6 Å². The molecule has 1 N–H and O–H groups in total. The lowest BCUT2D eigenvalue weighted by Gasteiger charge is -2.19. The molecule has 0 amide bonds. The molecule has 0 saturated carbocycles. The molecule has 0 bridgehead atoms. The summed E-state index contributed by atoms with van der Waals surface area (Å²) in [4.78, 5) is 6.38. The third-order valence-corrected chi connectivity index (χ3v) is 3.44. The third-order valence-electron chi connectivity index (χ3n) is 2.95. The number of nitrogens with zero attached hydrogens (tertiary/aromatic N) is 2. The fraction of sp³-hybridized carbons (Fsp3) is 0.267. The molecule has 4 heteroatoms. The van der Waals surface area contributed by atoms with Gasteiger partial charge in [0.05, 0.1) is 23.7 Å². The summed E-state index contributed by atoms with van der Waals surface area (Å²) in [6, 6.07) is 12.1. The maximum Gasteiger partial charge on any atom is 0.0931 e. The minimum Gasteiger partial charge on any atom is -0.387 e. The van der Waals surface area contributed by atoms with Gasteiger partial charge in [0.1, 0.15) is 0 Å². The van der Waals surface area contributed by atoms with Gasteiger partial charge in [0, 0.05) is 18.1 Å². The van der Waals surface area contributed by atoms with Crippen LogP contribution in [-0.2, 0) is 6.54 Å². The summed E-state index contributed by atoms with van der Waals surface area (Å²) in [5.41, 5.74) is 2.96. The molecule has 0 aliphatic rings. The van der Waals surface area contributed by atoms with Crippen LogP contribution in [0, 0.1) is 0 Å². The van der Waals surface area contributed by atoms with E-state index in [2.05, 4.69) is 37.9 Å². The van der Waals surface area contributed by atoms with Crippen molar-refractivity contribution in [3.05, 3.63) is 58.3 Å². The Morgan fingerprint density at radius 1 is 1.32 bits per heavy atom. The van der Waals surface area contributed by atoms with Crippen LogP contribution in [-0.4, -0.2) is 17.1 Å². The smallest absolute Gasteiger partial charge is 0.0931 e. The van der Waals surface area contributed by atoms with Crippen LogP contribution in [0.15, 0.2) is 47.1 Å². The van der Waals surface area contributed by atoms with E-state index in [4.69, 9.17) is 0 Å². The first kappa shape index (κ1) is 14.0. The Hall–Kier alpha value is -1.39. The predicted octanol–water partition coefficient (Wildman–Crippen LogP) is 3.53. The van der Waals surface area contributed by atoms with Gasteiger partial charge >= 0.3 is 0 Å². The summed E-state index contributed by atoms with van der Waals surface area (Å²) >= 11 is 3.48. The number of halogens is 1. The van der Waals surface area contributed by atoms with Crippen molar-refractivity contribution in [1.29, 1.82) is 0 Å². The predicted molar refractivity (Wildman–Crippen MR) is 81.1 cm³/mol. The summed E-state index contributed by atoms with van der Waals surface area (Å²) in [6.45, 7) is 2.53. The van der Waals surface area contributed by atoms with E-state index in [0.717, 1.165) is 16.7 Å². The largest absolute Gasteiger partial charge is 0.387 e. The van der Waals surface area contributed by atoms with Crippen molar-refractivity contribution < 1.29 is 5.11 Å². The van der Waals surface area contributed by atoms with Gasteiger partial charge in [0.15, 0.2) is 0 Å². The second-order valence-electron chi connectivity index (χ2n) is 4.60. The summed E-state index contributed by atoms with van der Waals surface area (Å²) in [7, 11) is 2.03. The van der Waals surface area contributed by atoms with Gasteiger partial charge in [0.2, 0.25) is 0 Å². The van der Waals surface area contributed by atoms with Gasteiger partial charge in [-0.05, 0) is 36.8 Å². The Morgan fingerprint density at radius 3 is 2.68 bits per heavy atom. The number of rotatable bonds is 4. The molecule has 0 spiro atoms. The molecule has 19 heavy (non-hydrogen) atoms. The van der Waals surface area contributed by atoms with E-state index < -0.39 is 6.10 Å². The fourth-order valence-corrected chi connectivity index (χ4v) is 2.32. The molecule has 2 rings (SSSR count). The Bertz CT molecular complexity index is 540. The molecule has 0 fully saturated rings. The number of aliphatic hydroxyl groups is 1.